The Hall–Kier alpha value is -1.44. The van der Waals surface area contributed by atoms with E-state index in [0.29, 0.717) is 43.4 Å². The lowest BCUT2D eigenvalue weighted by Crippen LogP contribution is -2.44. The van der Waals surface area contributed by atoms with Gasteiger partial charge in [-0.25, -0.2) is 4.98 Å². The van der Waals surface area contributed by atoms with Crippen molar-refractivity contribution in [3.63, 3.8) is 0 Å². The van der Waals surface area contributed by atoms with Crippen molar-refractivity contribution in [3.8, 4) is 11.9 Å². The van der Waals surface area contributed by atoms with Crippen molar-refractivity contribution in [2.24, 2.45) is 5.92 Å². The third-order valence-corrected chi connectivity index (χ3v) is 5.01. The first-order valence-corrected chi connectivity index (χ1v) is 9.30. The van der Waals surface area contributed by atoms with E-state index in [1.807, 2.05) is 13.8 Å². The van der Waals surface area contributed by atoms with Crippen LogP contribution in [0.2, 0.25) is 0 Å². The van der Waals surface area contributed by atoms with E-state index in [1.54, 1.807) is 6.20 Å². The van der Waals surface area contributed by atoms with Gasteiger partial charge >= 0.3 is 6.01 Å². The van der Waals surface area contributed by atoms with E-state index in [2.05, 4.69) is 14.9 Å². The molecular weight excluding hydrogens is 322 g/mol. The lowest BCUT2D eigenvalue weighted by atomic mass is 9.85. The predicted octanol–water partition coefficient (Wildman–Crippen LogP) is 1.59. The molecule has 1 aromatic heterocycles. The highest BCUT2D eigenvalue weighted by Gasteiger charge is 2.38. The van der Waals surface area contributed by atoms with E-state index in [1.165, 1.54) is 0 Å². The van der Waals surface area contributed by atoms with Gasteiger partial charge in [0.2, 0.25) is 5.88 Å². The number of likely N-dealkylation sites (tertiary alicyclic amines) is 1. The van der Waals surface area contributed by atoms with E-state index in [4.69, 9.17) is 14.2 Å². The van der Waals surface area contributed by atoms with Gasteiger partial charge in [0.05, 0.1) is 31.0 Å². The predicted molar refractivity (Wildman–Crippen MR) is 92.9 cm³/mol. The third-order valence-electron chi connectivity index (χ3n) is 5.01. The highest BCUT2D eigenvalue weighted by atomic mass is 16.5. The molecule has 1 N–H and O–H groups in total. The van der Waals surface area contributed by atoms with Crippen LogP contribution in [0, 0.1) is 5.92 Å². The van der Waals surface area contributed by atoms with Crippen LogP contribution < -0.4 is 9.47 Å². The van der Waals surface area contributed by atoms with Crippen LogP contribution in [0.5, 0.6) is 11.9 Å². The maximum absolute atomic E-state index is 11.2. The second kappa shape index (κ2) is 8.29. The molecule has 25 heavy (non-hydrogen) atoms. The minimum Gasteiger partial charge on any atom is -0.478 e. The zero-order valence-electron chi connectivity index (χ0n) is 15.2. The maximum atomic E-state index is 11.2. The molecular formula is C18H29N3O4. The lowest BCUT2D eigenvalue weighted by Gasteiger charge is -2.39. The van der Waals surface area contributed by atoms with Crippen molar-refractivity contribution in [1.82, 2.24) is 14.9 Å². The van der Waals surface area contributed by atoms with Gasteiger partial charge in [0.15, 0.2) is 0 Å². The Balaban J connectivity index is 1.68. The first-order valence-electron chi connectivity index (χ1n) is 9.30. The minimum atomic E-state index is -0.947. The van der Waals surface area contributed by atoms with Crippen LogP contribution in [0.1, 0.15) is 38.7 Å². The number of hydrogen-bond acceptors (Lipinski definition) is 7. The van der Waals surface area contributed by atoms with Gasteiger partial charge in [-0.05, 0) is 39.0 Å². The van der Waals surface area contributed by atoms with E-state index in [-0.39, 0.29) is 6.01 Å². The van der Waals surface area contributed by atoms with Gasteiger partial charge in [0, 0.05) is 32.4 Å². The van der Waals surface area contributed by atoms with Crippen molar-refractivity contribution in [2.75, 3.05) is 46.1 Å². The molecule has 3 rings (SSSR count). The summed E-state index contributed by atoms with van der Waals surface area (Å²) >= 11 is 0. The average molecular weight is 351 g/mol. The molecule has 1 atom stereocenters. The van der Waals surface area contributed by atoms with Gasteiger partial charge in [-0.1, -0.05) is 0 Å². The Bertz CT molecular complexity index is 555. The summed E-state index contributed by atoms with van der Waals surface area (Å²) < 4.78 is 16.5. The highest BCUT2D eigenvalue weighted by molar-refractivity contribution is 5.32. The Kier molecular flexibility index (Phi) is 6.09. The summed E-state index contributed by atoms with van der Waals surface area (Å²) in [6.07, 6.45) is 4.10. The fourth-order valence-corrected chi connectivity index (χ4v) is 3.58. The second-order valence-corrected chi connectivity index (χ2v) is 6.80. The molecule has 0 aliphatic carbocycles. The second-order valence-electron chi connectivity index (χ2n) is 6.80. The van der Waals surface area contributed by atoms with Crippen molar-refractivity contribution in [2.45, 2.75) is 38.7 Å². The number of hydrogen-bond donors (Lipinski definition) is 1. The van der Waals surface area contributed by atoms with Crippen molar-refractivity contribution in [3.05, 3.63) is 11.8 Å². The Morgan fingerprint density at radius 2 is 2.04 bits per heavy atom. The molecule has 0 radical (unpaired) electrons. The van der Waals surface area contributed by atoms with Crippen LogP contribution in [0.25, 0.3) is 0 Å². The molecule has 2 fully saturated rings. The van der Waals surface area contributed by atoms with E-state index < -0.39 is 5.60 Å². The molecule has 7 heteroatoms. The molecule has 2 aliphatic heterocycles. The van der Waals surface area contributed by atoms with Crippen LogP contribution in [0.3, 0.4) is 0 Å². The molecule has 3 heterocycles. The van der Waals surface area contributed by atoms with Crippen LogP contribution in [-0.4, -0.2) is 66.0 Å². The fourth-order valence-electron chi connectivity index (χ4n) is 3.58. The SMILES string of the molecule is CCOc1ncc(C2(O)CCN(C[C@@H]3CCOC3)CC2)c(OCC)n1. The molecule has 1 aromatic rings. The molecule has 2 saturated heterocycles. The minimum absolute atomic E-state index is 0.289. The zero-order valence-corrected chi connectivity index (χ0v) is 15.2. The molecule has 140 valence electrons. The monoisotopic (exact) mass is 351 g/mol. The highest BCUT2D eigenvalue weighted by Crippen LogP contribution is 2.37. The van der Waals surface area contributed by atoms with Crippen LogP contribution >= 0.6 is 0 Å². The zero-order chi connectivity index (χ0) is 17.7. The fraction of sp³-hybridized carbons (Fsp3) is 0.778. The van der Waals surface area contributed by atoms with E-state index in [0.717, 1.165) is 39.3 Å². The summed E-state index contributed by atoms with van der Waals surface area (Å²) in [6, 6.07) is 0.289. The molecule has 0 aromatic carbocycles. The van der Waals surface area contributed by atoms with Gasteiger partial charge in [0.25, 0.3) is 0 Å². The van der Waals surface area contributed by atoms with Crippen LogP contribution in [0.4, 0.5) is 0 Å². The Morgan fingerprint density at radius 3 is 2.68 bits per heavy atom. The van der Waals surface area contributed by atoms with Gasteiger partial charge in [-0.2, -0.15) is 4.98 Å². The molecule has 0 spiro atoms. The summed E-state index contributed by atoms with van der Waals surface area (Å²) in [6.45, 7) is 9.27. The largest absolute Gasteiger partial charge is 0.478 e. The number of aromatic nitrogens is 2. The summed E-state index contributed by atoms with van der Waals surface area (Å²) in [4.78, 5) is 11.0. The number of ether oxygens (including phenoxy) is 3. The maximum Gasteiger partial charge on any atom is 0.319 e. The first kappa shape index (κ1) is 18.4. The summed E-state index contributed by atoms with van der Waals surface area (Å²) in [5, 5.41) is 11.2. The molecule has 0 amide bonds. The summed E-state index contributed by atoms with van der Waals surface area (Å²) in [5.74, 6) is 1.06. The normalized spacial score (nSPS) is 23.6. The molecule has 2 aliphatic rings. The lowest BCUT2D eigenvalue weighted by molar-refractivity contribution is -0.0315. The number of nitrogens with zero attached hydrogens (tertiary/aromatic N) is 3. The molecule has 0 unspecified atom stereocenters. The average Bonchev–Trinajstić information content (AvgIpc) is 3.11. The van der Waals surface area contributed by atoms with Crippen LogP contribution in [0.15, 0.2) is 6.20 Å². The van der Waals surface area contributed by atoms with Crippen molar-refractivity contribution in [1.29, 1.82) is 0 Å². The molecule has 0 saturated carbocycles. The molecule has 7 nitrogen and oxygen atoms in total. The number of rotatable bonds is 7. The third kappa shape index (κ3) is 4.40. The first-order chi connectivity index (χ1) is 12.1. The quantitative estimate of drug-likeness (QED) is 0.799. The van der Waals surface area contributed by atoms with Gasteiger partial charge < -0.3 is 24.2 Å². The number of piperidine rings is 1. The van der Waals surface area contributed by atoms with Crippen LogP contribution in [-0.2, 0) is 10.3 Å². The van der Waals surface area contributed by atoms with E-state index in [9.17, 15) is 5.11 Å². The van der Waals surface area contributed by atoms with E-state index >= 15 is 0 Å². The van der Waals surface area contributed by atoms with Crippen molar-refractivity contribution < 1.29 is 19.3 Å². The van der Waals surface area contributed by atoms with Gasteiger partial charge in [-0.15, -0.1) is 0 Å². The summed E-state index contributed by atoms with van der Waals surface area (Å²) in [5.41, 5.74) is -0.278. The van der Waals surface area contributed by atoms with Gasteiger partial charge in [0.1, 0.15) is 0 Å². The van der Waals surface area contributed by atoms with Crippen molar-refractivity contribution >= 4 is 0 Å². The number of aliphatic hydroxyl groups is 1. The topological polar surface area (TPSA) is 76.9 Å². The smallest absolute Gasteiger partial charge is 0.319 e. The molecule has 0 bridgehead atoms. The Labute approximate surface area is 149 Å². The standard InChI is InChI=1S/C18H29N3O4/c1-3-24-16-15(11-19-17(20-16)25-4-2)18(22)6-8-21(9-7-18)12-14-5-10-23-13-14/h11,14,22H,3-10,12-13H2,1-2H3/t14-/m0/s1. The Morgan fingerprint density at radius 1 is 1.28 bits per heavy atom. The van der Waals surface area contributed by atoms with Gasteiger partial charge in [-0.3, -0.25) is 0 Å². The summed E-state index contributed by atoms with van der Waals surface area (Å²) in [7, 11) is 0.